The van der Waals surface area contributed by atoms with E-state index in [1.54, 1.807) is 0 Å². The number of H-pyrrole nitrogens is 1. The monoisotopic (exact) mass is 290 g/mol. The molecule has 0 amide bonds. The van der Waals surface area contributed by atoms with E-state index in [9.17, 15) is 14.4 Å². The SMILES string of the molecule is CC(C)(Cn1c(=O)[nH]cc(Br)c1=O)C(=O)O. The molecule has 0 aliphatic carbocycles. The van der Waals surface area contributed by atoms with Gasteiger partial charge in [-0.15, -0.1) is 0 Å². The molecule has 0 saturated carbocycles. The predicted octanol–water partition coefficient (Wildman–Crippen LogP) is 0.410. The Hall–Kier alpha value is -1.37. The highest BCUT2D eigenvalue weighted by Gasteiger charge is 2.29. The van der Waals surface area contributed by atoms with Crippen molar-refractivity contribution in [2.75, 3.05) is 0 Å². The lowest BCUT2D eigenvalue weighted by Gasteiger charge is -2.19. The van der Waals surface area contributed by atoms with Gasteiger partial charge in [0.05, 0.1) is 9.89 Å². The molecule has 0 spiro atoms. The summed E-state index contributed by atoms with van der Waals surface area (Å²) in [7, 11) is 0. The number of hydrogen-bond donors (Lipinski definition) is 2. The third-order valence-electron chi connectivity index (χ3n) is 2.15. The van der Waals surface area contributed by atoms with Crippen LogP contribution >= 0.6 is 15.9 Å². The summed E-state index contributed by atoms with van der Waals surface area (Å²) in [6.07, 6.45) is 1.23. The number of aromatic nitrogens is 2. The summed E-state index contributed by atoms with van der Waals surface area (Å²) >= 11 is 2.97. The van der Waals surface area contributed by atoms with Gasteiger partial charge in [-0.1, -0.05) is 0 Å². The summed E-state index contributed by atoms with van der Waals surface area (Å²) in [5, 5.41) is 8.91. The lowest BCUT2D eigenvalue weighted by atomic mass is 9.94. The van der Waals surface area contributed by atoms with Gasteiger partial charge in [-0.3, -0.25) is 14.2 Å². The molecular weight excluding hydrogens is 280 g/mol. The van der Waals surface area contributed by atoms with Crippen molar-refractivity contribution in [3.8, 4) is 0 Å². The molecular formula is C9H11BrN2O4. The van der Waals surface area contributed by atoms with Crippen LogP contribution in [0.1, 0.15) is 13.8 Å². The van der Waals surface area contributed by atoms with Crippen molar-refractivity contribution in [2.45, 2.75) is 20.4 Å². The van der Waals surface area contributed by atoms with Gasteiger partial charge in [-0.25, -0.2) is 4.79 Å². The minimum absolute atomic E-state index is 0.185. The standard InChI is InChI=1S/C9H11BrN2O4/c1-9(2,7(14)15)4-12-6(13)5(10)3-11-8(12)16/h3H,4H2,1-2H3,(H,11,16)(H,14,15). The number of carboxylic acid groups (broad SMARTS) is 1. The van der Waals surface area contributed by atoms with Crippen LogP contribution in [0.5, 0.6) is 0 Å². The molecule has 0 aliphatic heterocycles. The second kappa shape index (κ2) is 4.25. The molecule has 0 unspecified atom stereocenters. The molecule has 1 heterocycles. The Morgan fingerprint density at radius 3 is 2.62 bits per heavy atom. The van der Waals surface area contributed by atoms with Gasteiger partial charge in [0, 0.05) is 12.7 Å². The molecule has 0 saturated heterocycles. The van der Waals surface area contributed by atoms with Crippen LogP contribution in [0.3, 0.4) is 0 Å². The predicted molar refractivity (Wildman–Crippen MR) is 60.4 cm³/mol. The number of carbonyl (C=O) groups is 1. The number of halogens is 1. The zero-order chi connectivity index (χ0) is 12.5. The minimum Gasteiger partial charge on any atom is -0.481 e. The Labute approximate surface area is 99.1 Å². The first-order valence-corrected chi connectivity index (χ1v) is 5.26. The van der Waals surface area contributed by atoms with E-state index in [0.717, 1.165) is 4.57 Å². The summed E-state index contributed by atoms with van der Waals surface area (Å²) in [5.74, 6) is -1.07. The fraction of sp³-hybridized carbons (Fsp3) is 0.444. The van der Waals surface area contributed by atoms with E-state index in [4.69, 9.17) is 5.11 Å². The number of hydrogen-bond acceptors (Lipinski definition) is 3. The number of carboxylic acids is 1. The molecule has 16 heavy (non-hydrogen) atoms. The third kappa shape index (κ3) is 2.41. The van der Waals surface area contributed by atoms with Crippen LogP contribution in [-0.2, 0) is 11.3 Å². The molecule has 7 heteroatoms. The fourth-order valence-electron chi connectivity index (χ4n) is 1.09. The maximum atomic E-state index is 11.6. The van der Waals surface area contributed by atoms with Crippen molar-refractivity contribution in [1.29, 1.82) is 0 Å². The highest BCUT2D eigenvalue weighted by atomic mass is 79.9. The number of aliphatic carboxylic acids is 1. The van der Waals surface area contributed by atoms with Crippen molar-refractivity contribution in [2.24, 2.45) is 5.41 Å². The molecule has 0 bridgehead atoms. The van der Waals surface area contributed by atoms with Gasteiger partial charge < -0.3 is 10.1 Å². The molecule has 1 aromatic rings. The highest BCUT2D eigenvalue weighted by Crippen LogP contribution is 2.16. The molecule has 0 aliphatic rings. The quantitative estimate of drug-likeness (QED) is 0.843. The van der Waals surface area contributed by atoms with Crippen LogP contribution in [0.15, 0.2) is 20.3 Å². The molecule has 0 atom stereocenters. The van der Waals surface area contributed by atoms with Gasteiger partial charge in [0.2, 0.25) is 0 Å². The smallest absolute Gasteiger partial charge is 0.328 e. The number of aromatic amines is 1. The molecule has 6 nitrogen and oxygen atoms in total. The summed E-state index contributed by atoms with van der Waals surface area (Å²) in [6, 6.07) is 0. The Morgan fingerprint density at radius 1 is 1.56 bits per heavy atom. The van der Waals surface area contributed by atoms with Gasteiger partial charge in [0.1, 0.15) is 0 Å². The van der Waals surface area contributed by atoms with E-state index < -0.39 is 22.6 Å². The van der Waals surface area contributed by atoms with Crippen LogP contribution in [0, 0.1) is 5.41 Å². The lowest BCUT2D eigenvalue weighted by Crippen LogP contribution is -2.41. The average molecular weight is 291 g/mol. The highest BCUT2D eigenvalue weighted by molar-refractivity contribution is 9.10. The van der Waals surface area contributed by atoms with Crippen molar-refractivity contribution in [1.82, 2.24) is 9.55 Å². The molecule has 0 aromatic carbocycles. The van der Waals surface area contributed by atoms with Crippen LogP contribution in [0.2, 0.25) is 0 Å². The third-order valence-corrected chi connectivity index (χ3v) is 2.72. The van der Waals surface area contributed by atoms with Gasteiger partial charge >= 0.3 is 11.7 Å². The zero-order valence-corrected chi connectivity index (χ0v) is 10.4. The van der Waals surface area contributed by atoms with Gasteiger partial charge in [0.25, 0.3) is 5.56 Å². The van der Waals surface area contributed by atoms with Crippen molar-refractivity contribution >= 4 is 21.9 Å². The molecule has 0 fully saturated rings. The number of rotatable bonds is 3. The topological polar surface area (TPSA) is 92.2 Å². The second-order valence-electron chi connectivity index (χ2n) is 4.02. The fourth-order valence-corrected chi connectivity index (χ4v) is 1.42. The Kier molecular flexibility index (Phi) is 3.37. The Bertz CT molecular complexity index is 529. The van der Waals surface area contributed by atoms with E-state index >= 15 is 0 Å². The maximum absolute atomic E-state index is 11.6. The zero-order valence-electron chi connectivity index (χ0n) is 8.78. The van der Waals surface area contributed by atoms with Gasteiger partial charge in [-0.2, -0.15) is 0 Å². The van der Waals surface area contributed by atoms with Crippen LogP contribution in [0.4, 0.5) is 0 Å². The summed E-state index contributed by atoms with van der Waals surface area (Å²) < 4.78 is 1.05. The summed E-state index contributed by atoms with van der Waals surface area (Å²) in [6.45, 7) is 2.71. The van der Waals surface area contributed by atoms with Crippen LogP contribution < -0.4 is 11.2 Å². The normalized spacial score (nSPS) is 11.4. The van der Waals surface area contributed by atoms with Gasteiger partial charge in [-0.05, 0) is 29.8 Å². The number of nitrogens with one attached hydrogen (secondary N) is 1. The molecule has 1 aromatic heterocycles. The largest absolute Gasteiger partial charge is 0.481 e. The van der Waals surface area contributed by atoms with Gasteiger partial charge in [0.15, 0.2) is 0 Å². The Balaban J connectivity index is 3.27. The average Bonchev–Trinajstić information content (AvgIpc) is 2.18. The van der Waals surface area contributed by atoms with Crippen LogP contribution in [0.25, 0.3) is 0 Å². The lowest BCUT2D eigenvalue weighted by molar-refractivity contribution is -0.147. The number of nitrogens with zero attached hydrogens (tertiary/aromatic N) is 1. The second-order valence-corrected chi connectivity index (χ2v) is 4.88. The molecule has 1 rings (SSSR count). The van der Waals surface area contributed by atoms with E-state index in [-0.39, 0.29) is 11.0 Å². The van der Waals surface area contributed by atoms with E-state index in [0.29, 0.717) is 0 Å². The summed E-state index contributed by atoms with van der Waals surface area (Å²) in [5.41, 5.74) is -2.35. The molecule has 0 radical (unpaired) electrons. The van der Waals surface area contributed by atoms with Crippen LogP contribution in [-0.4, -0.2) is 20.6 Å². The Morgan fingerprint density at radius 2 is 2.12 bits per heavy atom. The molecule has 2 N–H and O–H groups in total. The first-order valence-electron chi connectivity index (χ1n) is 4.47. The van der Waals surface area contributed by atoms with E-state index in [1.807, 2.05) is 0 Å². The molecule has 88 valence electrons. The minimum atomic E-state index is -1.18. The van der Waals surface area contributed by atoms with Crippen molar-refractivity contribution in [3.05, 3.63) is 31.5 Å². The first kappa shape index (κ1) is 12.7. The first-order chi connectivity index (χ1) is 7.25. The van der Waals surface area contributed by atoms with Crippen molar-refractivity contribution < 1.29 is 9.90 Å². The van der Waals surface area contributed by atoms with E-state index in [2.05, 4.69) is 20.9 Å². The summed E-state index contributed by atoms with van der Waals surface area (Å²) in [4.78, 5) is 36.2. The maximum Gasteiger partial charge on any atom is 0.328 e. The van der Waals surface area contributed by atoms with E-state index in [1.165, 1.54) is 20.0 Å². The van der Waals surface area contributed by atoms with Crippen molar-refractivity contribution in [3.63, 3.8) is 0 Å².